The number of nitrogens with one attached hydrogen (secondary N) is 1. The zero-order valence-electron chi connectivity index (χ0n) is 15.0. The number of rotatable bonds is 3. The summed E-state index contributed by atoms with van der Waals surface area (Å²) < 4.78 is 2.18. The Labute approximate surface area is 156 Å². The second kappa shape index (κ2) is 5.81. The largest absolute Gasteiger partial charge is 0.335 e. The van der Waals surface area contributed by atoms with E-state index in [1.807, 2.05) is 12.5 Å². The Hall–Kier alpha value is -3.41. The molecule has 6 nitrogen and oxygen atoms in total. The van der Waals surface area contributed by atoms with Crippen molar-refractivity contribution in [3.8, 4) is 11.1 Å². The van der Waals surface area contributed by atoms with Crippen molar-refractivity contribution >= 4 is 27.8 Å². The highest BCUT2D eigenvalue weighted by Crippen LogP contribution is 2.34. The third kappa shape index (κ3) is 2.37. The lowest BCUT2D eigenvalue weighted by molar-refractivity contribution is -0.131. The third-order valence-electron chi connectivity index (χ3n) is 5.44. The molecular weight excluding hydrogens is 338 g/mol. The lowest BCUT2D eigenvalue weighted by Crippen LogP contribution is -2.49. The molecule has 1 amide bonds. The summed E-state index contributed by atoms with van der Waals surface area (Å²) in [6.45, 7) is 7.06. The fraction of sp³-hybridized carbons (Fsp3) is 0.190. The van der Waals surface area contributed by atoms with Crippen molar-refractivity contribution in [2.45, 2.75) is 13.0 Å². The van der Waals surface area contributed by atoms with Gasteiger partial charge in [-0.3, -0.25) is 9.89 Å². The monoisotopic (exact) mass is 357 g/mol. The molecule has 2 aromatic carbocycles. The molecule has 0 radical (unpaired) electrons. The van der Waals surface area contributed by atoms with Gasteiger partial charge in [-0.25, -0.2) is 4.98 Å². The summed E-state index contributed by atoms with van der Waals surface area (Å²) in [6.07, 6.45) is 5.12. The van der Waals surface area contributed by atoms with Crippen molar-refractivity contribution in [2.24, 2.45) is 0 Å². The number of hydrogen-bond donors (Lipinski definition) is 1. The summed E-state index contributed by atoms with van der Waals surface area (Å²) in [7, 11) is 0. The van der Waals surface area contributed by atoms with Crippen LogP contribution in [0, 0.1) is 6.92 Å². The zero-order valence-corrected chi connectivity index (χ0v) is 15.0. The molecule has 1 aliphatic rings. The molecule has 134 valence electrons. The highest BCUT2D eigenvalue weighted by molar-refractivity contribution is 5.98. The third-order valence-corrected chi connectivity index (χ3v) is 5.44. The number of imidazole rings is 1. The first-order valence-electron chi connectivity index (χ1n) is 8.96. The lowest BCUT2D eigenvalue weighted by atomic mass is 9.96. The van der Waals surface area contributed by atoms with E-state index in [0.717, 1.165) is 27.5 Å². The van der Waals surface area contributed by atoms with E-state index < -0.39 is 0 Å². The summed E-state index contributed by atoms with van der Waals surface area (Å²) in [5.74, 6) is -0.0152. The molecule has 0 bridgehead atoms. The molecule has 0 aliphatic carbocycles. The number of carbonyl (C=O) groups excluding carboxylic acids is 1. The van der Waals surface area contributed by atoms with Crippen LogP contribution in [0.4, 0.5) is 0 Å². The number of amides is 1. The Morgan fingerprint density at radius 2 is 2.15 bits per heavy atom. The molecule has 5 rings (SSSR count). The minimum Gasteiger partial charge on any atom is -0.335 e. The fourth-order valence-electron chi connectivity index (χ4n) is 3.92. The maximum Gasteiger partial charge on any atom is 0.246 e. The predicted molar refractivity (Wildman–Crippen MR) is 105 cm³/mol. The molecule has 0 spiro atoms. The van der Waals surface area contributed by atoms with E-state index in [9.17, 15) is 4.79 Å². The summed E-state index contributed by atoms with van der Waals surface area (Å²) in [5, 5.41) is 8.36. The molecule has 0 unspecified atom stereocenters. The summed E-state index contributed by atoms with van der Waals surface area (Å²) in [5.41, 5.74) is 6.62. The molecule has 6 heteroatoms. The summed E-state index contributed by atoms with van der Waals surface area (Å²) in [4.78, 5) is 18.1. The molecular formula is C21H19N5O. The van der Waals surface area contributed by atoms with Crippen molar-refractivity contribution in [3.63, 3.8) is 0 Å². The normalized spacial score (nSPS) is 14.6. The highest BCUT2D eigenvalue weighted by Gasteiger charge is 2.31. The van der Waals surface area contributed by atoms with Gasteiger partial charge in [0.15, 0.2) is 0 Å². The number of H-pyrrole nitrogens is 1. The number of benzene rings is 2. The Morgan fingerprint density at radius 1 is 1.30 bits per heavy atom. The van der Waals surface area contributed by atoms with Crippen molar-refractivity contribution < 1.29 is 4.79 Å². The molecule has 1 fully saturated rings. The van der Waals surface area contributed by atoms with Gasteiger partial charge in [0.25, 0.3) is 0 Å². The van der Waals surface area contributed by atoms with Crippen molar-refractivity contribution in [3.05, 3.63) is 61.1 Å². The molecule has 1 saturated heterocycles. The van der Waals surface area contributed by atoms with Gasteiger partial charge in [0.05, 0.1) is 35.1 Å². The maximum absolute atomic E-state index is 11.7. The van der Waals surface area contributed by atoms with Crippen LogP contribution in [0.3, 0.4) is 0 Å². The second-order valence-electron chi connectivity index (χ2n) is 7.05. The first kappa shape index (κ1) is 15.8. The molecule has 0 atom stereocenters. The number of nitrogens with zero attached hydrogens (tertiary/aromatic N) is 4. The number of aromatic nitrogens is 4. The molecule has 27 heavy (non-hydrogen) atoms. The van der Waals surface area contributed by atoms with E-state index in [4.69, 9.17) is 0 Å². The van der Waals surface area contributed by atoms with Crippen LogP contribution >= 0.6 is 0 Å². The molecule has 2 aromatic heterocycles. The van der Waals surface area contributed by atoms with Crippen LogP contribution in [0.2, 0.25) is 0 Å². The Bertz CT molecular complexity index is 1200. The fourth-order valence-corrected chi connectivity index (χ4v) is 3.92. The molecule has 1 N–H and O–H groups in total. The minimum absolute atomic E-state index is 0.0152. The van der Waals surface area contributed by atoms with Crippen LogP contribution < -0.4 is 0 Å². The quantitative estimate of drug-likeness (QED) is 0.571. The maximum atomic E-state index is 11.7. The number of hydrogen-bond acceptors (Lipinski definition) is 3. The second-order valence-corrected chi connectivity index (χ2v) is 7.05. The lowest BCUT2D eigenvalue weighted by Gasteiger charge is -2.39. The zero-order chi connectivity index (χ0) is 18.5. The van der Waals surface area contributed by atoms with Crippen LogP contribution in [-0.4, -0.2) is 43.6 Å². The molecule has 1 aliphatic heterocycles. The van der Waals surface area contributed by atoms with Gasteiger partial charge in [-0.05, 0) is 47.9 Å². The van der Waals surface area contributed by atoms with Gasteiger partial charge >= 0.3 is 0 Å². The van der Waals surface area contributed by atoms with Crippen LogP contribution in [0.1, 0.15) is 11.6 Å². The number of fused-ring (bicyclic) bond motifs is 2. The SMILES string of the molecule is C=CC(=O)N1CC(n2cnc3ccc(-c4c(C)ccc5[nH]ncc45)cc32)C1. The van der Waals surface area contributed by atoms with Crippen molar-refractivity contribution in [1.29, 1.82) is 0 Å². The molecule has 4 aromatic rings. The standard InChI is InChI=1S/C21H19N5O/c1-3-20(27)25-10-15(11-25)26-12-22-18-7-5-14(8-19(18)26)21-13(2)4-6-17-16(21)9-23-24-17/h3-9,12,15H,1,10-11H2,2H3,(H,23,24). The number of carbonyl (C=O) groups is 1. The number of aromatic amines is 1. The Morgan fingerprint density at radius 3 is 2.96 bits per heavy atom. The van der Waals surface area contributed by atoms with E-state index in [1.54, 1.807) is 4.90 Å². The highest BCUT2D eigenvalue weighted by atomic mass is 16.2. The first-order valence-corrected chi connectivity index (χ1v) is 8.96. The first-order chi connectivity index (χ1) is 13.2. The number of aryl methyl sites for hydroxylation is 1. The van der Waals surface area contributed by atoms with Gasteiger partial charge in [-0.2, -0.15) is 5.10 Å². The minimum atomic E-state index is -0.0152. The van der Waals surface area contributed by atoms with E-state index in [2.05, 4.69) is 63.6 Å². The Balaban J connectivity index is 1.58. The summed E-state index contributed by atoms with van der Waals surface area (Å²) in [6, 6.07) is 10.8. The summed E-state index contributed by atoms with van der Waals surface area (Å²) >= 11 is 0. The Kier molecular flexibility index (Phi) is 3.40. The van der Waals surface area contributed by atoms with Crippen LogP contribution in [0.25, 0.3) is 33.1 Å². The average Bonchev–Trinajstić information content (AvgIpc) is 3.27. The van der Waals surface area contributed by atoms with Crippen LogP contribution in [0.5, 0.6) is 0 Å². The van der Waals surface area contributed by atoms with Gasteiger partial charge in [0.2, 0.25) is 5.91 Å². The average molecular weight is 357 g/mol. The smallest absolute Gasteiger partial charge is 0.246 e. The van der Waals surface area contributed by atoms with Crippen LogP contribution in [0.15, 0.2) is 55.5 Å². The predicted octanol–water partition coefficient (Wildman–Crippen LogP) is 3.46. The van der Waals surface area contributed by atoms with Crippen molar-refractivity contribution in [1.82, 2.24) is 24.6 Å². The molecule has 0 saturated carbocycles. The van der Waals surface area contributed by atoms with Gasteiger partial charge in [-0.15, -0.1) is 0 Å². The number of likely N-dealkylation sites (tertiary alicyclic amines) is 1. The van der Waals surface area contributed by atoms with Gasteiger partial charge in [0, 0.05) is 18.5 Å². The van der Waals surface area contributed by atoms with E-state index in [0.29, 0.717) is 13.1 Å². The van der Waals surface area contributed by atoms with E-state index >= 15 is 0 Å². The van der Waals surface area contributed by atoms with E-state index in [1.165, 1.54) is 17.2 Å². The van der Waals surface area contributed by atoms with Gasteiger partial charge in [0.1, 0.15) is 0 Å². The van der Waals surface area contributed by atoms with Crippen molar-refractivity contribution in [2.75, 3.05) is 13.1 Å². The van der Waals surface area contributed by atoms with Gasteiger partial charge < -0.3 is 9.47 Å². The topological polar surface area (TPSA) is 66.8 Å². The van der Waals surface area contributed by atoms with E-state index in [-0.39, 0.29) is 11.9 Å². The van der Waals surface area contributed by atoms with Crippen LogP contribution in [-0.2, 0) is 4.79 Å². The van der Waals surface area contributed by atoms with Gasteiger partial charge in [-0.1, -0.05) is 18.7 Å². The molecule has 3 heterocycles.